The summed E-state index contributed by atoms with van der Waals surface area (Å²) in [5, 5.41) is 7.60. The van der Waals surface area contributed by atoms with E-state index in [0.29, 0.717) is 0 Å². The van der Waals surface area contributed by atoms with Crippen LogP contribution in [0.15, 0.2) is 18.5 Å². The van der Waals surface area contributed by atoms with E-state index in [-0.39, 0.29) is 5.84 Å². The molecule has 1 aliphatic rings. The highest BCUT2D eigenvalue weighted by atomic mass is 15.2. The largest absolute Gasteiger partial charge is 0.384 e. The first-order chi connectivity index (χ1) is 8.18. The van der Waals surface area contributed by atoms with Crippen LogP contribution in [-0.4, -0.2) is 48.9 Å². The summed E-state index contributed by atoms with van der Waals surface area (Å²) in [5.74, 6) is 0.111. The van der Waals surface area contributed by atoms with Gasteiger partial charge in [-0.2, -0.15) is 0 Å². The van der Waals surface area contributed by atoms with Crippen molar-refractivity contribution in [3.05, 3.63) is 24.0 Å². The topological polar surface area (TPSA) is 69.2 Å². The molecule has 2 heterocycles. The molecule has 1 aliphatic heterocycles. The van der Waals surface area contributed by atoms with E-state index in [1.54, 1.807) is 6.20 Å². The molecule has 1 fully saturated rings. The normalized spacial score (nSPS) is 17.8. The fourth-order valence-electron chi connectivity index (χ4n) is 2.15. The van der Waals surface area contributed by atoms with E-state index in [0.717, 1.165) is 43.9 Å². The third-order valence-electron chi connectivity index (χ3n) is 3.15. The van der Waals surface area contributed by atoms with E-state index >= 15 is 0 Å². The van der Waals surface area contributed by atoms with Crippen molar-refractivity contribution in [1.82, 2.24) is 9.88 Å². The van der Waals surface area contributed by atoms with Crippen molar-refractivity contribution in [2.45, 2.75) is 6.42 Å². The fraction of sp³-hybridized carbons (Fsp3) is 0.500. The number of amidine groups is 1. The number of hydrogen-bond acceptors (Lipinski definition) is 4. The monoisotopic (exact) mass is 233 g/mol. The molecule has 3 N–H and O–H groups in total. The van der Waals surface area contributed by atoms with Crippen molar-refractivity contribution in [3.8, 4) is 0 Å². The number of nitrogens with two attached hydrogens (primary N) is 1. The Labute approximate surface area is 102 Å². The maximum Gasteiger partial charge on any atom is 0.125 e. The third kappa shape index (κ3) is 2.74. The molecular formula is C12H19N5. The third-order valence-corrected chi connectivity index (χ3v) is 3.15. The Hall–Kier alpha value is -1.62. The highest BCUT2D eigenvalue weighted by Gasteiger charge is 2.16. The second-order valence-corrected chi connectivity index (χ2v) is 4.45. The van der Waals surface area contributed by atoms with E-state index in [2.05, 4.69) is 21.8 Å². The molecule has 0 radical (unpaired) electrons. The first-order valence-electron chi connectivity index (χ1n) is 5.90. The van der Waals surface area contributed by atoms with Crippen molar-refractivity contribution >= 4 is 11.5 Å². The first-order valence-corrected chi connectivity index (χ1v) is 5.90. The van der Waals surface area contributed by atoms with Gasteiger partial charge in [-0.15, -0.1) is 0 Å². The molecule has 1 aromatic heterocycles. The maximum absolute atomic E-state index is 7.60. The molecule has 0 saturated carbocycles. The van der Waals surface area contributed by atoms with Crippen molar-refractivity contribution < 1.29 is 0 Å². The predicted molar refractivity (Wildman–Crippen MR) is 69.6 cm³/mol. The van der Waals surface area contributed by atoms with Gasteiger partial charge in [0.05, 0.1) is 11.9 Å². The number of hydrogen-bond donors (Lipinski definition) is 2. The Morgan fingerprint density at radius 3 is 2.94 bits per heavy atom. The second-order valence-electron chi connectivity index (χ2n) is 4.45. The molecule has 0 amide bonds. The summed E-state index contributed by atoms with van der Waals surface area (Å²) in [6.07, 6.45) is 4.62. The Morgan fingerprint density at radius 2 is 2.18 bits per heavy atom. The van der Waals surface area contributed by atoms with Crippen LogP contribution in [0.25, 0.3) is 0 Å². The van der Waals surface area contributed by atoms with Crippen molar-refractivity contribution in [2.24, 2.45) is 5.73 Å². The van der Waals surface area contributed by atoms with E-state index < -0.39 is 0 Å². The van der Waals surface area contributed by atoms with Crippen LogP contribution < -0.4 is 10.6 Å². The summed E-state index contributed by atoms with van der Waals surface area (Å²) in [7, 11) is 2.14. The summed E-state index contributed by atoms with van der Waals surface area (Å²) in [6, 6.07) is 1.81. The number of nitrogens with zero attached hydrogens (tertiary/aromatic N) is 3. The Balaban J connectivity index is 2.24. The van der Waals surface area contributed by atoms with Gasteiger partial charge in [0, 0.05) is 31.4 Å². The van der Waals surface area contributed by atoms with Gasteiger partial charge in [-0.05, 0) is 26.1 Å². The first kappa shape index (κ1) is 11.9. The van der Waals surface area contributed by atoms with Gasteiger partial charge in [-0.25, -0.2) is 0 Å². The molecule has 2 rings (SSSR count). The molecule has 1 aromatic rings. The molecule has 0 bridgehead atoms. The molecule has 17 heavy (non-hydrogen) atoms. The zero-order chi connectivity index (χ0) is 12.3. The molecule has 0 aliphatic carbocycles. The van der Waals surface area contributed by atoms with Gasteiger partial charge in [0.15, 0.2) is 0 Å². The van der Waals surface area contributed by atoms with Crippen LogP contribution in [0.2, 0.25) is 0 Å². The predicted octanol–water partition coefficient (Wildman–Crippen LogP) is 0.508. The highest BCUT2D eigenvalue weighted by molar-refractivity contribution is 6.00. The molecule has 0 aromatic carbocycles. The van der Waals surface area contributed by atoms with Crippen molar-refractivity contribution in [3.63, 3.8) is 0 Å². The van der Waals surface area contributed by atoms with E-state index in [4.69, 9.17) is 11.1 Å². The van der Waals surface area contributed by atoms with E-state index in [1.807, 2.05) is 12.3 Å². The summed E-state index contributed by atoms with van der Waals surface area (Å²) in [4.78, 5) is 8.74. The summed E-state index contributed by atoms with van der Waals surface area (Å²) >= 11 is 0. The van der Waals surface area contributed by atoms with Crippen LogP contribution in [0.3, 0.4) is 0 Å². The smallest absolute Gasteiger partial charge is 0.125 e. The fourth-order valence-corrected chi connectivity index (χ4v) is 2.15. The van der Waals surface area contributed by atoms with E-state index in [9.17, 15) is 0 Å². The van der Waals surface area contributed by atoms with Crippen molar-refractivity contribution in [2.75, 3.05) is 38.1 Å². The minimum Gasteiger partial charge on any atom is -0.384 e. The summed E-state index contributed by atoms with van der Waals surface area (Å²) < 4.78 is 0. The molecule has 5 nitrogen and oxygen atoms in total. The number of pyridine rings is 1. The van der Waals surface area contributed by atoms with Crippen molar-refractivity contribution in [1.29, 1.82) is 5.41 Å². The minimum atomic E-state index is 0.111. The Morgan fingerprint density at radius 1 is 1.35 bits per heavy atom. The summed E-state index contributed by atoms with van der Waals surface area (Å²) in [6.45, 7) is 4.11. The molecule has 5 heteroatoms. The number of rotatable bonds is 2. The zero-order valence-electron chi connectivity index (χ0n) is 10.2. The lowest BCUT2D eigenvalue weighted by Crippen LogP contribution is -2.30. The molecule has 0 unspecified atom stereocenters. The highest BCUT2D eigenvalue weighted by Crippen LogP contribution is 2.20. The number of nitrogens with one attached hydrogen (secondary N) is 1. The summed E-state index contributed by atoms with van der Waals surface area (Å²) in [5.41, 5.74) is 7.37. The molecule has 92 valence electrons. The van der Waals surface area contributed by atoms with Gasteiger partial charge in [-0.3, -0.25) is 10.4 Å². The van der Waals surface area contributed by atoms with Crippen LogP contribution in [0.1, 0.15) is 12.0 Å². The number of nitrogen functional groups attached to an aromatic ring is 1. The number of likely N-dealkylation sites (N-methyl/N-ethyl adjacent to an activating group) is 1. The van der Waals surface area contributed by atoms with Crippen LogP contribution in [0, 0.1) is 5.41 Å². The lowest BCUT2D eigenvalue weighted by molar-refractivity contribution is 0.360. The lowest BCUT2D eigenvalue weighted by Gasteiger charge is -2.24. The van der Waals surface area contributed by atoms with Gasteiger partial charge >= 0.3 is 0 Å². The number of aromatic nitrogens is 1. The Kier molecular flexibility index (Phi) is 3.58. The average Bonchev–Trinajstić information content (AvgIpc) is 2.54. The quantitative estimate of drug-likeness (QED) is 0.577. The van der Waals surface area contributed by atoms with Gasteiger partial charge in [0.1, 0.15) is 5.84 Å². The zero-order valence-corrected chi connectivity index (χ0v) is 10.2. The lowest BCUT2D eigenvalue weighted by atomic mass is 10.2. The van der Waals surface area contributed by atoms with Gasteiger partial charge in [0.25, 0.3) is 0 Å². The van der Waals surface area contributed by atoms with Gasteiger partial charge < -0.3 is 15.5 Å². The SMILES string of the molecule is CN1CCCN(c2cnccc2C(=N)N)CC1. The van der Waals surface area contributed by atoms with Crippen LogP contribution in [0.4, 0.5) is 5.69 Å². The van der Waals surface area contributed by atoms with Gasteiger partial charge in [0.2, 0.25) is 0 Å². The van der Waals surface area contributed by atoms with E-state index in [1.165, 1.54) is 0 Å². The van der Waals surface area contributed by atoms with Gasteiger partial charge in [-0.1, -0.05) is 0 Å². The van der Waals surface area contributed by atoms with Crippen LogP contribution >= 0.6 is 0 Å². The van der Waals surface area contributed by atoms with Crippen LogP contribution in [-0.2, 0) is 0 Å². The minimum absolute atomic E-state index is 0.111. The molecule has 1 saturated heterocycles. The maximum atomic E-state index is 7.60. The molecule has 0 atom stereocenters. The molecule has 0 spiro atoms. The Bertz CT molecular complexity index is 404. The average molecular weight is 233 g/mol. The second kappa shape index (κ2) is 5.14. The molecular weight excluding hydrogens is 214 g/mol. The number of anilines is 1. The van der Waals surface area contributed by atoms with Crippen LogP contribution in [0.5, 0.6) is 0 Å². The standard InChI is InChI=1S/C12H19N5/c1-16-5-2-6-17(8-7-16)11-9-15-4-3-10(11)12(13)14/h3-4,9H,2,5-8H2,1H3,(H3,13,14).